The molecule has 2 rings (SSSR count). The lowest BCUT2D eigenvalue weighted by atomic mass is 10.1. The molecule has 0 saturated carbocycles. The van der Waals surface area contributed by atoms with Crippen molar-refractivity contribution < 1.29 is 27.1 Å². The van der Waals surface area contributed by atoms with E-state index in [1.54, 1.807) is 17.7 Å². The lowest BCUT2D eigenvalue weighted by molar-refractivity contribution is -0.137. The molecule has 0 saturated heterocycles. The minimum atomic E-state index is -4.67. The summed E-state index contributed by atoms with van der Waals surface area (Å²) in [6.45, 7) is 2.58. The zero-order chi connectivity index (χ0) is 17.9. The van der Waals surface area contributed by atoms with Crippen LogP contribution in [0.3, 0.4) is 0 Å². The molecule has 1 aromatic carbocycles. The maximum Gasteiger partial charge on any atom is 0.416 e. The van der Waals surface area contributed by atoms with Crippen molar-refractivity contribution in [3.8, 4) is 0 Å². The largest absolute Gasteiger partial charge is 0.416 e. The molecule has 130 valence electrons. The van der Waals surface area contributed by atoms with Crippen LogP contribution in [0.4, 0.5) is 17.6 Å². The summed E-state index contributed by atoms with van der Waals surface area (Å²) >= 11 is 1.18. The first-order valence-electron chi connectivity index (χ1n) is 6.84. The number of amides is 1. The van der Waals surface area contributed by atoms with Gasteiger partial charge < -0.3 is 9.30 Å². The highest BCUT2D eigenvalue weighted by molar-refractivity contribution is 7.09. The van der Waals surface area contributed by atoms with Crippen molar-refractivity contribution in [1.82, 2.24) is 4.57 Å². The van der Waals surface area contributed by atoms with Crippen LogP contribution < -0.4 is 4.80 Å². The summed E-state index contributed by atoms with van der Waals surface area (Å²) < 4.78 is 58.5. The maximum atomic E-state index is 13.7. The molecule has 2 aromatic rings. The van der Waals surface area contributed by atoms with Crippen LogP contribution in [0.5, 0.6) is 0 Å². The molecule has 0 fully saturated rings. The Morgan fingerprint density at radius 1 is 1.38 bits per heavy atom. The van der Waals surface area contributed by atoms with Crippen molar-refractivity contribution >= 4 is 17.2 Å². The van der Waals surface area contributed by atoms with Gasteiger partial charge in [0.1, 0.15) is 5.82 Å². The van der Waals surface area contributed by atoms with E-state index in [-0.39, 0.29) is 4.80 Å². The van der Waals surface area contributed by atoms with Gasteiger partial charge >= 0.3 is 6.18 Å². The lowest BCUT2D eigenvalue weighted by Crippen LogP contribution is -2.19. The van der Waals surface area contributed by atoms with Gasteiger partial charge in [0.15, 0.2) is 4.80 Å². The Morgan fingerprint density at radius 3 is 2.71 bits per heavy atom. The lowest BCUT2D eigenvalue weighted by Gasteiger charge is -2.07. The zero-order valence-corrected chi connectivity index (χ0v) is 13.7. The number of ether oxygens (including phenoxy) is 1. The summed E-state index contributed by atoms with van der Waals surface area (Å²) in [5.74, 6) is -2.11. The highest BCUT2D eigenvalue weighted by Gasteiger charge is 2.31. The van der Waals surface area contributed by atoms with Crippen LogP contribution in [0.2, 0.25) is 0 Å². The van der Waals surface area contributed by atoms with Crippen molar-refractivity contribution in [1.29, 1.82) is 0 Å². The van der Waals surface area contributed by atoms with Crippen LogP contribution >= 0.6 is 11.3 Å². The second kappa shape index (κ2) is 7.27. The minimum absolute atomic E-state index is 0.270. The summed E-state index contributed by atoms with van der Waals surface area (Å²) in [7, 11) is 1.51. The number of methoxy groups -OCH3 is 1. The summed E-state index contributed by atoms with van der Waals surface area (Å²) in [6.07, 6.45) is -2.93. The van der Waals surface area contributed by atoms with E-state index in [9.17, 15) is 22.4 Å². The summed E-state index contributed by atoms with van der Waals surface area (Å²) in [4.78, 5) is 17.0. The van der Waals surface area contributed by atoms with E-state index in [0.29, 0.717) is 31.4 Å². The molecular weight excluding hydrogens is 348 g/mol. The summed E-state index contributed by atoms with van der Waals surface area (Å²) in [5.41, 5.74) is -1.81. The van der Waals surface area contributed by atoms with Crippen molar-refractivity contribution in [2.75, 3.05) is 13.7 Å². The quantitative estimate of drug-likeness (QED) is 0.783. The average Bonchev–Trinajstić information content (AvgIpc) is 2.83. The van der Waals surface area contributed by atoms with Gasteiger partial charge in [-0.2, -0.15) is 18.2 Å². The number of rotatable bonds is 4. The Bertz CT molecular complexity index is 809. The number of carbonyl (C=O) groups excluding carboxylic acids is 1. The first-order chi connectivity index (χ1) is 11.2. The van der Waals surface area contributed by atoms with Gasteiger partial charge in [-0.1, -0.05) is 0 Å². The van der Waals surface area contributed by atoms with Gasteiger partial charge in [-0.3, -0.25) is 4.79 Å². The third kappa shape index (κ3) is 4.30. The SMILES string of the molecule is COCCn1cc(C)sc1=NC(=O)c1cc(C(F)(F)F)ccc1F. The van der Waals surface area contributed by atoms with E-state index in [1.165, 1.54) is 18.4 Å². The Labute approximate surface area is 139 Å². The molecule has 1 aromatic heterocycles. The number of carbonyl (C=O) groups is 1. The highest BCUT2D eigenvalue weighted by Crippen LogP contribution is 2.30. The van der Waals surface area contributed by atoms with Crippen molar-refractivity contribution in [2.45, 2.75) is 19.6 Å². The second-order valence-corrected chi connectivity index (χ2v) is 6.13. The van der Waals surface area contributed by atoms with Gasteiger partial charge in [-0.05, 0) is 25.1 Å². The highest BCUT2D eigenvalue weighted by atomic mass is 32.1. The molecule has 0 spiro atoms. The van der Waals surface area contributed by atoms with Gasteiger partial charge in [0, 0.05) is 24.7 Å². The number of aromatic nitrogens is 1. The van der Waals surface area contributed by atoms with Gasteiger partial charge in [0.2, 0.25) is 0 Å². The molecule has 1 heterocycles. The topological polar surface area (TPSA) is 43.6 Å². The molecule has 1 amide bonds. The molecule has 0 aliphatic rings. The fourth-order valence-corrected chi connectivity index (χ4v) is 2.81. The molecule has 0 N–H and O–H groups in total. The Morgan fingerprint density at radius 2 is 2.08 bits per heavy atom. The maximum absolute atomic E-state index is 13.7. The third-order valence-electron chi connectivity index (χ3n) is 3.09. The van der Waals surface area contributed by atoms with Crippen LogP contribution in [0.15, 0.2) is 29.4 Å². The molecule has 9 heteroatoms. The number of nitrogens with zero attached hydrogens (tertiary/aromatic N) is 2. The molecule has 0 aliphatic heterocycles. The molecule has 0 bridgehead atoms. The molecule has 24 heavy (non-hydrogen) atoms. The van der Waals surface area contributed by atoms with Crippen LogP contribution in [-0.2, 0) is 17.5 Å². The normalized spacial score (nSPS) is 12.7. The first-order valence-corrected chi connectivity index (χ1v) is 7.65. The number of halogens is 4. The van der Waals surface area contributed by atoms with Gasteiger partial charge in [0.05, 0.1) is 17.7 Å². The summed E-state index contributed by atoms with van der Waals surface area (Å²) in [5, 5.41) is 0. The number of thiazole rings is 1. The number of benzene rings is 1. The number of hydrogen-bond acceptors (Lipinski definition) is 3. The Balaban J connectivity index is 2.43. The predicted molar refractivity (Wildman–Crippen MR) is 80.2 cm³/mol. The Kier molecular flexibility index (Phi) is 5.55. The van der Waals surface area contributed by atoms with Gasteiger partial charge in [-0.15, -0.1) is 11.3 Å². The van der Waals surface area contributed by atoms with Crippen molar-refractivity contribution in [3.05, 3.63) is 51.0 Å². The van der Waals surface area contributed by atoms with Gasteiger partial charge in [0.25, 0.3) is 5.91 Å². The Hall–Kier alpha value is -2.00. The molecule has 0 aliphatic carbocycles. The van der Waals surface area contributed by atoms with E-state index in [1.807, 2.05) is 0 Å². The fourth-order valence-electron chi connectivity index (χ4n) is 1.95. The van der Waals surface area contributed by atoms with Crippen LogP contribution in [0.25, 0.3) is 0 Å². The van der Waals surface area contributed by atoms with Crippen LogP contribution in [0, 0.1) is 12.7 Å². The third-order valence-corrected chi connectivity index (χ3v) is 4.03. The van der Waals surface area contributed by atoms with E-state index < -0.39 is 29.0 Å². The molecular formula is C15H14F4N2O2S. The van der Waals surface area contributed by atoms with E-state index in [4.69, 9.17) is 4.74 Å². The van der Waals surface area contributed by atoms with E-state index >= 15 is 0 Å². The first kappa shape index (κ1) is 18.3. The van der Waals surface area contributed by atoms with E-state index in [0.717, 1.165) is 4.88 Å². The van der Waals surface area contributed by atoms with Gasteiger partial charge in [-0.25, -0.2) is 4.39 Å². The zero-order valence-electron chi connectivity index (χ0n) is 12.9. The fraction of sp³-hybridized carbons (Fsp3) is 0.333. The smallest absolute Gasteiger partial charge is 0.383 e. The predicted octanol–water partition coefficient (Wildman–Crippen LogP) is 3.40. The van der Waals surface area contributed by atoms with Crippen molar-refractivity contribution in [3.63, 3.8) is 0 Å². The average molecular weight is 362 g/mol. The van der Waals surface area contributed by atoms with E-state index in [2.05, 4.69) is 4.99 Å². The molecule has 0 unspecified atom stereocenters. The molecule has 0 atom stereocenters. The number of aryl methyl sites for hydroxylation is 1. The summed E-state index contributed by atoms with van der Waals surface area (Å²) in [6, 6.07) is 1.67. The van der Waals surface area contributed by atoms with Crippen molar-refractivity contribution in [2.24, 2.45) is 4.99 Å². The number of hydrogen-bond donors (Lipinski definition) is 0. The standard InChI is InChI=1S/C15H14F4N2O2S/c1-9-8-21(5-6-23-2)14(24-9)20-13(22)11-7-10(15(17,18)19)3-4-12(11)16/h3-4,7-8H,5-6H2,1-2H3. The van der Waals surface area contributed by atoms with Crippen LogP contribution in [0.1, 0.15) is 20.8 Å². The minimum Gasteiger partial charge on any atom is -0.383 e. The second-order valence-electron chi connectivity index (χ2n) is 4.92. The van der Waals surface area contributed by atoms with Crippen LogP contribution in [-0.4, -0.2) is 24.2 Å². The molecule has 0 radical (unpaired) electrons. The monoisotopic (exact) mass is 362 g/mol. The number of alkyl halides is 3. The molecule has 4 nitrogen and oxygen atoms in total.